The van der Waals surface area contributed by atoms with Gasteiger partial charge in [0.25, 0.3) is 0 Å². The van der Waals surface area contributed by atoms with E-state index in [1.165, 1.54) is 34.5 Å². The van der Waals surface area contributed by atoms with Gasteiger partial charge in [0, 0.05) is 6.07 Å². The van der Waals surface area contributed by atoms with Crippen molar-refractivity contribution in [3.8, 4) is 28.7 Å². The number of esters is 1. The summed E-state index contributed by atoms with van der Waals surface area (Å²) in [5, 5.41) is 4.39. The van der Waals surface area contributed by atoms with Crippen molar-refractivity contribution in [3.63, 3.8) is 0 Å². The smallest absolute Gasteiger partial charge is 0.337 e. The van der Waals surface area contributed by atoms with Crippen molar-refractivity contribution in [1.29, 1.82) is 0 Å². The van der Waals surface area contributed by atoms with E-state index in [0.29, 0.717) is 34.3 Å². The zero-order valence-corrected chi connectivity index (χ0v) is 15.3. The molecule has 2 aromatic rings. The fourth-order valence-corrected chi connectivity index (χ4v) is 2.08. The highest BCUT2D eigenvalue weighted by molar-refractivity contribution is 5.90. The van der Waals surface area contributed by atoms with E-state index < -0.39 is 5.97 Å². The topological polar surface area (TPSA) is 90.9 Å². The highest BCUT2D eigenvalue weighted by Crippen LogP contribution is 2.32. The molecule has 0 atom stereocenters. The van der Waals surface area contributed by atoms with E-state index in [9.17, 15) is 4.79 Å². The van der Waals surface area contributed by atoms with Gasteiger partial charge in [0.2, 0.25) is 6.79 Å². The van der Waals surface area contributed by atoms with E-state index in [-0.39, 0.29) is 6.79 Å². The molecule has 9 heteroatoms. The maximum atomic E-state index is 11.6. The fraction of sp³-hybridized carbons (Fsp3) is 0.278. The van der Waals surface area contributed by atoms with Crippen molar-refractivity contribution in [1.82, 2.24) is 0 Å². The Morgan fingerprint density at radius 3 is 2.04 bits per heavy atom. The molecule has 0 unspecified atom stereocenters. The molecule has 0 saturated carbocycles. The summed E-state index contributed by atoms with van der Waals surface area (Å²) in [6.07, 6.45) is 0. The molecule has 0 aromatic heterocycles. The van der Waals surface area contributed by atoms with Crippen LogP contribution < -0.4 is 23.8 Å². The summed E-state index contributed by atoms with van der Waals surface area (Å²) in [5.74, 6) is 1.49. The van der Waals surface area contributed by atoms with Gasteiger partial charge in [-0.25, -0.2) is 4.79 Å². The van der Waals surface area contributed by atoms with Crippen LogP contribution in [-0.4, -0.2) is 41.2 Å². The Morgan fingerprint density at radius 1 is 0.815 bits per heavy atom. The molecule has 0 N–H and O–H groups in total. The van der Waals surface area contributed by atoms with Gasteiger partial charge < -0.3 is 28.6 Å². The number of hydrogen-bond acceptors (Lipinski definition) is 9. The second-order valence-corrected chi connectivity index (χ2v) is 4.89. The molecule has 27 heavy (non-hydrogen) atoms. The maximum absolute atomic E-state index is 11.6. The molecule has 2 rings (SSSR count). The van der Waals surface area contributed by atoms with Crippen LogP contribution >= 0.6 is 0 Å². The Labute approximate surface area is 156 Å². The molecule has 0 spiro atoms. The predicted molar refractivity (Wildman–Crippen MR) is 92.2 cm³/mol. The lowest BCUT2D eigenvalue weighted by molar-refractivity contribution is -0.453. The molecule has 0 aliphatic carbocycles. The zero-order chi connectivity index (χ0) is 19.6. The van der Waals surface area contributed by atoms with Crippen LogP contribution in [-0.2, 0) is 14.7 Å². The van der Waals surface area contributed by atoms with E-state index in [1.807, 2.05) is 0 Å². The van der Waals surface area contributed by atoms with Gasteiger partial charge in [0.1, 0.15) is 0 Å². The Balaban J connectivity index is 2.02. The summed E-state index contributed by atoms with van der Waals surface area (Å²) in [6, 6.07) is 9.44. The van der Waals surface area contributed by atoms with Gasteiger partial charge in [-0.05, 0) is 35.4 Å². The minimum absolute atomic E-state index is 0.126. The Morgan fingerprint density at radius 2 is 1.44 bits per heavy atom. The van der Waals surface area contributed by atoms with Crippen molar-refractivity contribution in [2.75, 3.05) is 35.2 Å². The minimum atomic E-state index is -0.472. The first-order valence-corrected chi connectivity index (χ1v) is 7.70. The number of benzene rings is 2. The first kappa shape index (κ1) is 20.1. The van der Waals surface area contributed by atoms with Crippen molar-refractivity contribution >= 4 is 5.97 Å². The van der Waals surface area contributed by atoms with Crippen LogP contribution in [0.15, 0.2) is 36.4 Å². The van der Waals surface area contributed by atoms with Gasteiger partial charge in [-0.2, -0.15) is 4.89 Å². The van der Waals surface area contributed by atoms with E-state index in [2.05, 4.69) is 14.7 Å². The molecule has 0 heterocycles. The number of methoxy groups -OCH3 is 3. The van der Waals surface area contributed by atoms with Crippen molar-refractivity contribution in [3.05, 3.63) is 42.0 Å². The third-order valence-electron chi connectivity index (χ3n) is 3.35. The van der Waals surface area contributed by atoms with Crippen LogP contribution in [0.2, 0.25) is 0 Å². The number of rotatable bonds is 10. The summed E-state index contributed by atoms with van der Waals surface area (Å²) in [4.78, 5) is 20.8. The molecule has 0 fully saturated rings. The predicted octanol–water partition coefficient (Wildman–Crippen LogP) is 2.78. The van der Waals surface area contributed by atoms with E-state index in [4.69, 9.17) is 23.8 Å². The second-order valence-electron chi connectivity index (χ2n) is 4.89. The van der Waals surface area contributed by atoms with Crippen molar-refractivity contribution in [2.45, 2.75) is 0 Å². The number of hydrogen-bond donors (Lipinski definition) is 0. The lowest BCUT2D eigenvalue weighted by Crippen LogP contribution is -2.08. The lowest BCUT2D eigenvalue weighted by atomic mass is 10.2. The molecule has 0 radical (unpaired) electrons. The second kappa shape index (κ2) is 10.1. The third-order valence-corrected chi connectivity index (χ3v) is 3.35. The van der Waals surface area contributed by atoms with E-state index >= 15 is 0 Å². The summed E-state index contributed by atoms with van der Waals surface area (Å²) >= 11 is 0. The number of carbonyl (C=O) groups excluding carboxylic acids is 1. The molecular formula is C18H20O9. The highest BCUT2D eigenvalue weighted by Gasteiger charge is 2.12. The lowest BCUT2D eigenvalue weighted by Gasteiger charge is -2.14. The van der Waals surface area contributed by atoms with Gasteiger partial charge >= 0.3 is 5.97 Å². The summed E-state index contributed by atoms with van der Waals surface area (Å²) in [5.41, 5.74) is 0.346. The summed E-state index contributed by atoms with van der Waals surface area (Å²) in [6.45, 7) is -0.126. The SMILES string of the molecule is COOOc1ccc(OCOc2ccc(C(=O)OC)cc2OC)c(OC)c1. The number of carbonyl (C=O) groups is 1. The van der Waals surface area contributed by atoms with Gasteiger partial charge in [-0.3, -0.25) is 0 Å². The molecule has 0 aliphatic heterocycles. The van der Waals surface area contributed by atoms with Crippen LogP contribution in [0.3, 0.4) is 0 Å². The molecule has 0 bridgehead atoms. The van der Waals surface area contributed by atoms with Gasteiger partial charge in [-0.15, -0.1) is 0 Å². The highest BCUT2D eigenvalue weighted by atomic mass is 17.5. The van der Waals surface area contributed by atoms with Gasteiger partial charge in [-0.1, -0.05) is 0 Å². The molecule has 9 nitrogen and oxygen atoms in total. The van der Waals surface area contributed by atoms with Crippen LogP contribution in [0.5, 0.6) is 28.7 Å². The Hall–Kier alpha value is -3.17. The molecule has 2 aromatic carbocycles. The van der Waals surface area contributed by atoms with Crippen LogP contribution in [0.1, 0.15) is 10.4 Å². The van der Waals surface area contributed by atoms with E-state index in [0.717, 1.165) is 0 Å². The fourth-order valence-electron chi connectivity index (χ4n) is 2.08. The number of ether oxygens (including phenoxy) is 5. The quantitative estimate of drug-likeness (QED) is 0.267. The standard InChI is InChI=1S/C18H20O9/c1-20-16-9-12(18(19)22-3)5-7-14(16)24-11-25-15-8-6-13(26-27-23-4)10-17(15)21-2/h5-10H,11H2,1-4H3. The molecule has 0 saturated heterocycles. The Bertz CT molecular complexity index is 760. The monoisotopic (exact) mass is 380 g/mol. The summed E-state index contributed by atoms with van der Waals surface area (Å²) < 4.78 is 26.3. The first-order chi connectivity index (χ1) is 13.1. The normalized spacial score (nSPS) is 10.1. The van der Waals surface area contributed by atoms with Crippen LogP contribution in [0, 0.1) is 0 Å². The van der Waals surface area contributed by atoms with Crippen LogP contribution in [0.25, 0.3) is 0 Å². The van der Waals surface area contributed by atoms with Crippen molar-refractivity contribution < 1.29 is 43.3 Å². The first-order valence-electron chi connectivity index (χ1n) is 7.70. The van der Waals surface area contributed by atoms with Crippen LogP contribution in [0.4, 0.5) is 0 Å². The summed E-state index contributed by atoms with van der Waals surface area (Å²) in [7, 11) is 5.57. The molecule has 0 amide bonds. The zero-order valence-electron chi connectivity index (χ0n) is 15.3. The average Bonchev–Trinajstić information content (AvgIpc) is 2.72. The third kappa shape index (κ3) is 5.40. The largest absolute Gasteiger partial charge is 0.493 e. The van der Waals surface area contributed by atoms with Gasteiger partial charge in [0.15, 0.2) is 28.7 Å². The Kier molecular flexibility index (Phi) is 7.53. The molecule has 146 valence electrons. The average molecular weight is 380 g/mol. The minimum Gasteiger partial charge on any atom is -0.493 e. The molecular weight excluding hydrogens is 360 g/mol. The van der Waals surface area contributed by atoms with E-state index in [1.54, 1.807) is 30.3 Å². The molecule has 0 aliphatic rings. The van der Waals surface area contributed by atoms with Crippen molar-refractivity contribution in [2.24, 2.45) is 0 Å². The van der Waals surface area contributed by atoms with Gasteiger partial charge in [0.05, 0.1) is 34.0 Å². The maximum Gasteiger partial charge on any atom is 0.337 e.